The first-order valence-electron chi connectivity index (χ1n) is 6.26. The average molecular weight is 278 g/mol. The highest BCUT2D eigenvalue weighted by molar-refractivity contribution is 6.05. The molecule has 8 nitrogen and oxygen atoms in total. The van der Waals surface area contributed by atoms with E-state index in [-0.39, 0.29) is 17.6 Å². The number of carboxylic acids is 1. The van der Waals surface area contributed by atoms with E-state index >= 15 is 0 Å². The zero-order chi connectivity index (χ0) is 14.6. The van der Waals surface area contributed by atoms with Gasteiger partial charge in [-0.1, -0.05) is 5.21 Å². The number of rotatable bonds is 3. The predicted molar refractivity (Wildman–Crippen MR) is 66.0 cm³/mol. The zero-order valence-corrected chi connectivity index (χ0v) is 11.0. The van der Waals surface area contributed by atoms with Crippen molar-refractivity contribution in [3.63, 3.8) is 0 Å². The second kappa shape index (κ2) is 4.14. The fourth-order valence-electron chi connectivity index (χ4n) is 2.98. The summed E-state index contributed by atoms with van der Waals surface area (Å²) < 4.78 is 1.48. The molecule has 3 atom stereocenters. The van der Waals surface area contributed by atoms with Crippen LogP contribution in [0.2, 0.25) is 0 Å². The number of nitrogens with zero attached hydrogens (tertiary/aromatic N) is 4. The lowest BCUT2D eigenvalue weighted by Gasteiger charge is -2.44. The molecular formula is C12H14N4O4. The van der Waals surface area contributed by atoms with Crippen LogP contribution in [-0.2, 0) is 16.6 Å². The molecule has 106 valence electrons. The number of carboxylic acid groups (broad SMARTS) is 1. The Kier molecular flexibility index (Phi) is 2.65. The third kappa shape index (κ3) is 1.58. The Bertz CT molecular complexity index is 633. The predicted octanol–water partition coefficient (Wildman–Crippen LogP) is -0.778. The summed E-state index contributed by atoms with van der Waals surface area (Å²) in [5.74, 6) is -2.05. The fraction of sp³-hybridized carbons (Fsp3) is 0.500. The zero-order valence-electron chi connectivity index (χ0n) is 11.0. The summed E-state index contributed by atoms with van der Waals surface area (Å²) in [5.41, 5.74) is 0.904. The number of carbonyl (C=O) groups is 2. The lowest BCUT2D eigenvalue weighted by molar-refractivity contribution is -0.161. The number of β-lactam (4-membered cyclic amide) rings is 1. The third-order valence-electron chi connectivity index (χ3n) is 3.84. The van der Waals surface area contributed by atoms with Gasteiger partial charge in [-0.3, -0.25) is 9.48 Å². The molecule has 0 radical (unpaired) electrons. The van der Waals surface area contributed by atoms with Crippen LogP contribution in [-0.4, -0.2) is 54.1 Å². The van der Waals surface area contributed by atoms with Crippen LogP contribution in [0.25, 0.3) is 5.57 Å². The molecule has 0 saturated carbocycles. The van der Waals surface area contributed by atoms with E-state index < -0.39 is 18.0 Å². The van der Waals surface area contributed by atoms with Crippen molar-refractivity contribution in [3.05, 3.63) is 17.6 Å². The summed E-state index contributed by atoms with van der Waals surface area (Å²) in [6.45, 7) is 1.54. The fourth-order valence-corrected chi connectivity index (χ4v) is 2.98. The van der Waals surface area contributed by atoms with Crippen molar-refractivity contribution in [2.75, 3.05) is 0 Å². The average Bonchev–Trinajstić information content (AvgIpc) is 2.90. The van der Waals surface area contributed by atoms with Gasteiger partial charge in [0.2, 0.25) is 5.91 Å². The molecule has 3 rings (SSSR count). The summed E-state index contributed by atoms with van der Waals surface area (Å²) in [7, 11) is 1.69. The molecule has 0 aromatic carbocycles. The normalized spacial score (nSPS) is 26.6. The van der Waals surface area contributed by atoms with Crippen LogP contribution in [0.5, 0.6) is 0 Å². The number of hydrogen-bond donors (Lipinski definition) is 2. The van der Waals surface area contributed by atoms with Crippen molar-refractivity contribution in [2.45, 2.75) is 25.5 Å². The lowest BCUT2D eigenvalue weighted by Crippen LogP contribution is -2.61. The molecule has 1 amide bonds. The van der Waals surface area contributed by atoms with E-state index in [1.54, 1.807) is 20.2 Å². The number of amides is 1. The quantitative estimate of drug-likeness (QED) is 0.702. The van der Waals surface area contributed by atoms with E-state index in [4.69, 9.17) is 0 Å². The van der Waals surface area contributed by atoms with Gasteiger partial charge in [0, 0.05) is 12.6 Å². The summed E-state index contributed by atoms with van der Waals surface area (Å²) in [5, 5.41) is 26.7. The van der Waals surface area contributed by atoms with Crippen LogP contribution in [0.4, 0.5) is 0 Å². The molecule has 1 aromatic rings. The Morgan fingerprint density at radius 2 is 2.25 bits per heavy atom. The molecule has 2 aliphatic heterocycles. The lowest BCUT2D eigenvalue weighted by atomic mass is 9.83. The van der Waals surface area contributed by atoms with Crippen LogP contribution in [0, 0.1) is 5.92 Å². The van der Waals surface area contributed by atoms with Crippen LogP contribution in [0.1, 0.15) is 19.0 Å². The summed E-state index contributed by atoms with van der Waals surface area (Å²) in [6, 6.07) is -0.300. The maximum Gasteiger partial charge on any atom is 0.352 e. The minimum atomic E-state index is -1.16. The largest absolute Gasteiger partial charge is 0.477 e. The highest BCUT2D eigenvalue weighted by Crippen LogP contribution is 2.46. The van der Waals surface area contributed by atoms with Gasteiger partial charge in [-0.2, -0.15) is 0 Å². The van der Waals surface area contributed by atoms with Crippen molar-refractivity contribution in [1.29, 1.82) is 0 Å². The molecule has 2 N–H and O–H groups in total. The molecule has 8 heteroatoms. The maximum atomic E-state index is 12.0. The topological polar surface area (TPSA) is 109 Å². The van der Waals surface area contributed by atoms with Gasteiger partial charge in [0.05, 0.1) is 24.3 Å². The van der Waals surface area contributed by atoms with E-state index in [1.165, 1.54) is 9.58 Å². The molecule has 0 aliphatic carbocycles. The standard InChI is InChI=1S/C12H14N4O4/c1-5(17)9-8-3-6(7-4-15(2)14-13-7)10(12(19)20)16(8)11(9)18/h4-5,8-9,17H,3H2,1-2H3,(H,19,20)/t5-,8-,9-/m1/s1. The van der Waals surface area contributed by atoms with Crippen molar-refractivity contribution >= 4 is 17.4 Å². The molecule has 1 saturated heterocycles. The molecular weight excluding hydrogens is 264 g/mol. The van der Waals surface area contributed by atoms with Crippen molar-refractivity contribution in [2.24, 2.45) is 13.0 Å². The SMILES string of the molecule is C[C@@H](O)[C@H]1C(=O)N2C(C(=O)O)=C(c3cn(C)nn3)C[C@H]12. The molecule has 0 unspecified atom stereocenters. The van der Waals surface area contributed by atoms with Gasteiger partial charge >= 0.3 is 5.97 Å². The van der Waals surface area contributed by atoms with Gasteiger partial charge in [-0.25, -0.2) is 4.79 Å². The minimum absolute atomic E-state index is 0.0441. The van der Waals surface area contributed by atoms with E-state index in [1.807, 2.05) is 0 Å². The molecule has 20 heavy (non-hydrogen) atoms. The number of fused-ring (bicyclic) bond motifs is 1. The van der Waals surface area contributed by atoms with Crippen LogP contribution in [0.15, 0.2) is 11.9 Å². The number of aliphatic hydroxyl groups is 1. The van der Waals surface area contributed by atoms with Gasteiger partial charge in [-0.15, -0.1) is 5.10 Å². The van der Waals surface area contributed by atoms with E-state index in [9.17, 15) is 19.8 Å². The minimum Gasteiger partial charge on any atom is -0.477 e. The Balaban J connectivity index is 2.02. The number of hydrogen-bond acceptors (Lipinski definition) is 5. The summed E-state index contributed by atoms with van der Waals surface area (Å²) in [6.07, 6.45) is 1.20. The Morgan fingerprint density at radius 3 is 2.75 bits per heavy atom. The van der Waals surface area contributed by atoms with Gasteiger partial charge in [0.15, 0.2) is 0 Å². The Hall–Kier alpha value is -2.22. The summed E-state index contributed by atoms with van der Waals surface area (Å²) >= 11 is 0. The second-order valence-electron chi connectivity index (χ2n) is 5.16. The summed E-state index contributed by atoms with van der Waals surface area (Å²) in [4.78, 5) is 24.7. The molecule has 3 heterocycles. The van der Waals surface area contributed by atoms with Crippen LogP contribution < -0.4 is 0 Å². The van der Waals surface area contributed by atoms with Crippen molar-refractivity contribution in [3.8, 4) is 0 Å². The van der Waals surface area contributed by atoms with Gasteiger partial charge in [0.1, 0.15) is 11.4 Å². The highest BCUT2D eigenvalue weighted by atomic mass is 16.4. The van der Waals surface area contributed by atoms with Crippen molar-refractivity contribution < 1.29 is 19.8 Å². The number of carbonyl (C=O) groups excluding carboxylic acids is 1. The number of aromatic nitrogens is 3. The molecule has 1 fully saturated rings. The third-order valence-corrected chi connectivity index (χ3v) is 3.84. The number of aryl methyl sites for hydroxylation is 1. The van der Waals surface area contributed by atoms with Gasteiger partial charge in [-0.05, 0) is 13.3 Å². The smallest absolute Gasteiger partial charge is 0.352 e. The molecule has 0 bridgehead atoms. The number of aliphatic carboxylic acids is 1. The van der Waals surface area contributed by atoms with Gasteiger partial charge < -0.3 is 15.1 Å². The first-order valence-corrected chi connectivity index (χ1v) is 6.26. The van der Waals surface area contributed by atoms with E-state index in [0.29, 0.717) is 17.7 Å². The second-order valence-corrected chi connectivity index (χ2v) is 5.16. The molecule has 0 spiro atoms. The van der Waals surface area contributed by atoms with E-state index in [2.05, 4.69) is 10.3 Å². The van der Waals surface area contributed by atoms with Crippen LogP contribution in [0.3, 0.4) is 0 Å². The maximum absolute atomic E-state index is 12.0. The molecule has 2 aliphatic rings. The van der Waals surface area contributed by atoms with Gasteiger partial charge in [0.25, 0.3) is 0 Å². The highest BCUT2D eigenvalue weighted by Gasteiger charge is 2.57. The Labute approximate surface area is 114 Å². The number of aliphatic hydroxyl groups excluding tert-OH is 1. The monoisotopic (exact) mass is 278 g/mol. The van der Waals surface area contributed by atoms with Crippen LogP contribution >= 0.6 is 0 Å². The Morgan fingerprint density at radius 1 is 1.55 bits per heavy atom. The van der Waals surface area contributed by atoms with Crippen molar-refractivity contribution in [1.82, 2.24) is 19.9 Å². The van der Waals surface area contributed by atoms with E-state index in [0.717, 1.165) is 0 Å². The molecule has 1 aromatic heterocycles. The first kappa shape index (κ1) is 12.8. The first-order chi connectivity index (χ1) is 9.41.